The molecule has 3 N–H and O–H groups in total. The van der Waals surface area contributed by atoms with Gasteiger partial charge in [0.25, 0.3) is 0 Å². The molecule has 0 aliphatic carbocycles. The van der Waals surface area contributed by atoms with Crippen LogP contribution in [0, 0.1) is 6.92 Å². The summed E-state index contributed by atoms with van der Waals surface area (Å²) in [6.07, 6.45) is 1.96. The molecule has 0 saturated carbocycles. The summed E-state index contributed by atoms with van der Waals surface area (Å²) in [5, 5.41) is 11.6. The van der Waals surface area contributed by atoms with Crippen molar-refractivity contribution in [1.29, 1.82) is 0 Å². The zero-order chi connectivity index (χ0) is 14.5. The molecule has 2 aromatic rings. The molecule has 0 bridgehead atoms. The third-order valence-corrected chi connectivity index (χ3v) is 3.25. The van der Waals surface area contributed by atoms with Gasteiger partial charge in [0, 0.05) is 10.6 Å². The first-order valence-corrected chi connectivity index (χ1v) is 7.01. The first-order chi connectivity index (χ1) is 9.63. The Kier molecular flexibility index (Phi) is 4.41. The Labute approximate surface area is 120 Å². The highest BCUT2D eigenvalue weighted by atomic mass is 32.2. The van der Waals surface area contributed by atoms with E-state index in [2.05, 4.69) is 15.1 Å². The van der Waals surface area contributed by atoms with Gasteiger partial charge in [-0.3, -0.25) is 0 Å². The van der Waals surface area contributed by atoms with Crippen molar-refractivity contribution in [3.05, 3.63) is 41.7 Å². The smallest absolute Gasteiger partial charge is 0.322 e. The third-order valence-electron chi connectivity index (χ3n) is 2.47. The molecule has 0 saturated heterocycles. The van der Waals surface area contributed by atoms with Crippen LogP contribution in [0.15, 0.2) is 40.4 Å². The van der Waals surface area contributed by atoms with Crippen LogP contribution in [-0.4, -0.2) is 27.3 Å². The number of nitrogens with two attached hydrogens (primary N) is 1. The van der Waals surface area contributed by atoms with Gasteiger partial charge >= 0.3 is 6.01 Å². The second kappa shape index (κ2) is 6.25. The maximum atomic E-state index is 8.70. The average molecular weight is 290 g/mol. The summed E-state index contributed by atoms with van der Waals surface area (Å²) < 4.78 is 5.68. The molecule has 104 valence electrons. The Morgan fingerprint density at radius 1 is 1.35 bits per heavy atom. The van der Waals surface area contributed by atoms with Crippen LogP contribution in [0.4, 0.5) is 0 Å². The molecule has 0 unspecified atom stereocenters. The summed E-state index contributed by atoms with van der Waals surface area (Å²) in [4.78, 5) is 9.28. The van der Waals surface area contributed by atoms with E-state index in [-0.39, 0.29) is 11.8 Å². The number of amidine groups is 1. The number of oxime groups is 1. The van der Waals surface area contributed by atoms with Crippen molar-refractivity contribution in [2.75, 3.05) is 6.26 Å². The van der Waals surface area contributed by atoms with Crippen LogP contribution >= 0.6 is 11.8 Å². The molecule has 1 heterocycles. The molecule has 7 heteroatoms. The van der Waals surface area contributed by atoms with Gasteiger partial charge in [-0.15, -0.1) is 11.8 Å². The van der Waals surface area contributed by atoms with Crippen LogP contribution in [0.25, 0.3) is 0 Å². The van der Waals surface area contributed by atoms with E-state index in [0.717, 1.165) is 4.90 Å². The average Bonchev–Trinajstić information content (AvgIpc) is 2.46. The van der Waals surface area contributed by atoms with Crippen molar-refractivity contribution < 1.29 is 9.94 Å². The fourth-order valence-corrected chi connectivity index (χ4v) is 2.10. The quantitative estimate of drug-likeness (QED) is 0.295. The highest BCUT2D eigenvalue weighted by molar-refractivity contribution is 7.98. The van der Waals surface area contributed by atoms with E-state index in [4.69, 9.17) is 15.7 Å². The SMILES string of the molecule is CSc1ccccc1Oc1nc(C)cc(/C(N)=N/O)n1. The molecule has 1 aromatic heterocycles. The molecule has 0 aliphatic heterocycles. The normalized spacial score (nSPS) is 11.4. The van der Waals surface area contributed by atoms with E-state index in [9.17, 15) is 0 Å². The number of aryl methyl sites for hydroxylation is 1. The summed E-state index contributed by atoms with van der Waals surface area (Å²) in [5.74, 6) is 0.578. The van der Waals surface area contributed by atoms with Crippen LogP contribution in [-0.2, 0) is 0 Å². The lowest BCUT2D eigenvalue weighted by Crippen LogP contribution is -2.16. The van der Waals surface area contributed by atoms with Crippen molar-refractivity contribution >= 4 is 17.6 Å². The molecule has 1 aromatic carbocycles. The predicted octanol–water partition coefficient (Wildman–Crippen LogP) is 2.39. The van der Waals surface area contributed by atoms with Crippen molar-refractivity contribution in [3.63, 3.8) is 0 Å². The third kappa shape index (κ3) is 3.18. The molecule has 0 aliphatic rings. The first-order valence-electron chi connectivity index (χ1n) is 5.78. The highest BCUT2D eigenvalue weighted by Gasteiger charge is 2.10. The number of hydrogen-bond donors (Lipinski definition) is 2. The van der Waals surface area contributed by atoms with Crippen molar-refractivity contribution in [2.24, 2.45) is 10.9 Å². The molecule has 0 spiro atoms. The minimum absolute atomic E-state index is 0.0847. The van der Waals surface area contributed by atoms with E-state index in [1.165, 1.54) is 0 Å². The standard InChI is InChI=1S/C13H14N4O2S/c1-8-7-9(12(14)17-18)16-13(15-8)19-10-5-3-4-6-11(10)20-2/h3-7,18H,1-2H3,(H2,14,17). The van der Waals surface area contributed by atoms with E-state index in [1.54, 1.807) is 24.8 Å². The lowest BCUT2D eigenvalue weighted by atomic mass is 10.3. The molecule has 0 fully saturated rings. The maximum absolute atomic E-state index is 8.70. The summed E-state index contributed by atoms with van der Waals surface area (Å²) >= 11 is 1.56. The van der Waals surface area contributed by atoms with Crippen LogP contribution in [0.2, 0.25) is 0 Å². The molecule has 2 rings (SSSR count). The van der Waals surface area contributed by atoms with Crippen molar-refractivity contribution in [1.82, 2.24) is 9.97 Å². The van der Waals surface area contributed by atoms with Gasteiger partial charge in [0.05, 0.1) is 0 Å². The minimum Gasteiger partial charge on any atom is -0.423 e. The zero-order valence-electron chi connectivity index (χ0n) is 11.1. The molecular weight excluding hydrogens is 276 g/mol. The lowest BCUT2D eigenvalue weighted by molar-refractivity contribution is 0.318. The lowest BCUT2D eigenvalue weighted by Gasteiger charge is -2.09. The summed E-state index contributed by atoms with van der Waals surface area (Å²) in [5.41, 5.74) is 6.51. The number of hydrogen-bond acceptors (Lipinski definition) is 6. The van der Waals surface area contributed by atoms with Gasteiger partial charge < -0.3 is 15.7 Å². The van der Waals surface area contributed by atoms with Crippen LogP contribution in [0.3, 0.4) is 0 Å². The van der Waals surface area contributed by atoms with Crippen molar-refractivity contribution in [3.8, 4) is 11.8 Å². The first kappa shape index (κ1) is 14.1. The fourth-order valence-electron chi connectivity index (χ4n) is 1.57. The second-order valence-corrected chi connectivity index (χ2v) is 4.76. The Morgan fingerprint density at radius 3 is 2.80 bits per heavy atom. The number of rotatable bonds is 4. The number of benzene rings is 1. The Bertz CT molecular complexity index is 646. The number of nitrogens with zero attached hydrogens (tertiary/aromatic N) is 3. The highest BCUT2D eigenvalue weighted by Crippen LogP contribution is 2.29. The van der Waals surface area contributed by atoms with Crippen molar-refractivity contribution in [2.45, 2.75) is 11.8 Å². The number of aromatic nitrogens is 2. The molecule has 6 nitrogen and oxygen atoms in total. The minimum atomic E-state index is -0.0847. The van der Waals surface area contributed by atoms with Crippen LogP contribution in [0.5, 0.6) is 11.8 Å². The number of para-hydroxylation sites is 1. The molecule has 0 atom stereocenters. The van der Waals surface area contributed by atoms with E-state index in [1.807, 2.05) is 30.5 Å². The van der Waals surface area contributed by atoms with Gasteiger partial charge in [-0.25, -0.2) is 4.98 Å². The Morgan fingerprint density at radius 2 is 2.10 bits per heavy atom. The summed E-state index contributed by atoms with van der Waals surface area (Å²) in [6.45, 7) is 1.78. The molecular formula is C13H14N4O2S. The van der Waals surface area contributed by atoms with Gasteiger partial charge in [0.15, 0.2) is 5.84 Å². The van der Waals surface area contributed by atoms with Gasteiger partial charge in [0.1, 0.15) is 11.4 Å². The van der Waals surface area contributed by atoms with E-state index < -0.39 is 0 Å². The maximum Gasteiger partial charge on any atom is 0.322 e. The van der Waals surface area contributed by atoms with Crippen LogP contribution < -0.4 is 10.5 Å². The summed E-state index contributed by atoms with van der Waals surface area (Å²) in [7, 11) is 0. The van der Waals surface area contributed by atoms with Gasteiger partial charge in [-0.05, 0) is 31.4 Å². The predicted molar refractivity (Wildman–Crippen MR) is 77.6 cm³/mol. The Balaban J connectivity index is 2.36. The van der Waals surface area contributed by atoms with E-state index >= 15 is 0 Å². The monoisotopic (exact) mass is 290 g/mol. The topological polar surface area (TPSA) is 93.6 Å². The zero-order valence-corrected chi connectivity index (χ0v) is 11.9. The molecule has 0 amide bonds. The molecule has 20 heavy (non-hydrogen) atoms. The van der Waals surface area contributed by atoms with Gasteiger partial charge in [-0.2, -0.15) is 4.98 Å². The fraction of sp³-hybridized carbons (Fsp3) is 0.154. The Hall–Kier alpha value is -2.28. The summed E-state index contributed by atoms with van der Waals surface area (Å²) in [6, 6.07) is 9.35. The molecule has 0 radical (unpaired) electrons. The largest absolute Gasteiger partial charge is 0.423 e. The van der Waals surface area contributed by atoms with Gasteiger partial charge in [-0.1, -0.05) is 17.3 Å². The number of thioether (sulfide) groups is 1. The van der Waals surface area contributed by atoms with Crippen LogP contribution in [0.1, 0.15) is 11.4 Å². The van der Waals surface area contributed by atoms with E-state index in [0.29, 0.717) is 17.1 Å². The second-order valence-electron chi connectivity index (χ2n) is 3.92. The number of ether oxygens (including phenoxy) is 1. The van der Waals surface area contributed by atoms with Gasteiger partial charge in [0.2, 0.25) is 0 Å².